The highest BCUT2D eigenvalue weighted by molar-refractivity contribution is 5.36. The SMILES string of the molecule is CC(CC(C)(C)CCN=C=O)C(N=C=O)C(CCCCCCCCCN=C=O)N=C=O. The Labute approximate surface area is 185 Å². The number of carbonyl (C=O) groups excluding carboxylic acids is 4. The first-order valence-corrected chi connectivity index (χ1v) is 11.1. The summed E-state index contributed by atoms with van der Waals surface area (Å²) < 4.78 is 0. The van der Waals surface area contributed by atoms with E-state index in [1.54, 1.807) is 24.3 Å². The number of hydrogen-bond acceptors (Lipinski definition) is 8. The molecule has 0 saturated carbocycles. The van der Waals surface area contributed by atoms with Crippen molar-refractivity contribution in [3.05, 3.63) is 0 Å². The number of nitrogens with zero attached hydrogens (tertiary/aromatic N) is 4. The minimum absolute atomic E-state index is 0.00721. The van der Waals surface area contributed by atoms with Gasteiger partial charge < -0.3 is 0 Å². The zero-order valence-corrected chi connectivity index (χ0v) is 19.1. The smallest absolute Gasteiger partial charge is 0.211 e. The first-order chi connectivity index (χ1) is 14.9. The molecule has 0 N–H and O–H groups in total. The van der Waals surface area contributed by atoms with Gasteiger partial charge >= 0.3 is 0 Å². The number of isocyanates is 4. The molecule has 3 unspecified atom stereocenters. The monoisotopic (exact) mass is 432 g/mol. The molecule has 0 saturated heterocycles. The Morgan fingerprint density at radius 1 is 0.710 bits per heavy atom. The quantitative estimate of drug-likeness (QED) is 0.168. The summed E-state index contributed by atoms with van der Waals surface area (Å²) in [4.78, 5) is 57.4. The Balaban J connectivity index is 4.62. The summed E-state index contributed by atoms with van der Waals surface area (Å²) in [5.41, 5.74) is -0.108. The minimum atomic E-state index is -0.425. The van der Waals surface area contributed by atoms with Crippen LogP contribution in [0.25, 0.3) is 0 Å². The van der Waals surface area contributed by atoms with Crippen LogP contribution in [0.1, 0.15) is 85.0 Å². The molecular formula is C23H36N4O4. The average molecular weight is 433 g/mol. The summed E-state index contributed by atoms with van der Waals surface area (Å²) in [5.74, 6) is 0.00721. The molecule has 172 valence electrons. The van der Waals surface area contributed by atoms with Crippen molar-refractivity contribution in [3.8, 4) is 0 Å². The second kappa shape index (κ2) is 18.3. The van der Waals surface area contributed by atoms with Crippen molar-refractivity contribution in [2.75, 3.05) is 13.1 Å². The Bertz CT molecular complexity index is 684. The second-order valence-corrected chi connectivity index (χ2v) is 8.80. The molecule has 0 radical (unpaired) electrons. The maximum Gasteiger partial charge on any atom is 0.235 e. The van der Waals surface area contributed by atoms with Crippen LogP contribution in [0.5, 0.6) is 0 Å². The lowest BCUT2D eigenvalue weighted by Gasteiger charge is -2.31. The molecule has 8 heteroatoms. The average Bonchev–Trinajstić information content (AvgIpc) is 2.72. The minimum Gasteiger partial charge on any atom is -0.211 e. The second-order valence-electron chi connectivity index (χ2n) is 8.80. The topological polar surface area (TPSA) is 118 Å². The van der Waals surface area contributed by atoms with Gasteiger partial charge in [0.05, 0.1) is 25.2 Å². The lowest BCUT2D eigenvalue weighted by Crippen LogP contribution is -2.32. The number of aliphatic imine (C=N–C) groups is 4. The molecule has 0 aromatic heterocycles. The first kappa shape index (κ1) is 28.5. The molecular weight excluding hydrogens is 396 g/mol. The fraction of sp³-hybridized carbons (Fsp3) is 0.826. The Kier molecular flexibility index (Phi) is 16.8. The van der Waals surface area contributed by atoms with Gasteiger partial charge in [-0.15, -0.1) is 0 Å². The van der Waals surface area contributed by atoms with Crippen molar-refractivity contribution >= 4 is 24.3 Å². The van der Waals surface area contributed by atoms with E-state index in [2.05, 4.69) is 33.8 Å². The van der Waals surface area contributed by atoms with E-state index in [1.165, 1.54) is 0 Å². The van der Waals surface area contributed by atoms with E-state index in [0.29, 0.717) is 25.9 Å². The predicted octanol–water partition coefficient (Wildman–Crippen LogP) is 4.63. The van der Waals surface area contributed by atoms with E-state index in [-0.39, 0.29) is 17.4 Å². The van der Waals surface area contributed by atoms with Gasteiger partial charge in [0.15, 0.2) is 0 Å². The summed E-state index contributed by atoms with van der Waals surface area (Å²) in [7, 11) is 0. The number of rotatable bonds is 19. The molecule has 0 aromatic carbocycles. The highest BCUT2D eigenvalue weighted by Gasteiger charge is 2.31. The molecule has 0 aliphatic heterocycles. The molecule has 0 heterocycles. The largest absolute Gasteiger partial charge is 0.235 e. The van der Waals surface area contributed by atoms with Gasteiger partial charge in [-0.25, -0.2) is 34.2 Å². The van der Waals surface area contributed by atoms with Gasteiger partial charge in [-0.1, -0.05) is 59.3 Å². The van der Waals surface area contributed by atoms with Crippen molar-refractivity contribution in [1.29, 1.82) is 0 Å². The highest BCUT2D eigenvalue weighted by Crippen LogP contribution is 2.33. The molecule has 0 aliphatic carbocycles. The van der Waals surface area contributed by atoms with Crippen LogP contribution in [0, 0.1) is 11.3 Å². The zero-order valence-electron chi connectivity index (χ0n) is 19.1. The fourth-order valence-electron chi connectivity index (χ4n) is 4.01. The van der Waals surface area contributed by atoms with Gasteiger partial charge in [0, 0.05) is 0 Å². The summed E-state index contributed by atoms with van der Waals surface area (Å²) in [5, 5.41) is 0. The van der Waals surface area contributed by atoms with Gasteiger partial charge in [0.25, 0.3) is 0 Å². The van der Waals surface area contributed by atoms with Gasteiger partial charge in [-0.05, 0) is 37.0 Å². The van der Waals surface area contributed by atoms with Crippen LogP contribution < -0.4 is 0 Å². The van der Waals surface area contributed by atoms with Crippen LogP contribution in [0.4, 0.5) is 0 Å². The van der Waals surface area contributed by atoms with Crippen LogP contribution in [0.15, 0.2) is 20.0 Å². The molecule has 0 rings (SSSR count). The van der Waals surface area contributed by atoms with Crippen LogP contribution in [-0.4, -0.2) is 49.5 Å². The Morgan fingerprint density at radius 3 is 1.84 bits per heavy atom. The third kappa shape index (κ3) is 15.0. The summed E-state index contributed by atoms with van der Waals surface area (Å²) in [6.07, 6.45) is 15.7. The summed E-state index contributed by atoms with van der Waals surface area (Å²) in [6, 6.07) is -0.815. The molecule has 0 spiro atoms. The van der Waals surface area contributed by atoms with E-state index < -0.39 is 6.04 Å². The van der Waals surface area contributed by atoms with Crippen LogP contribution in [-0.2, 0) is 19.2 Å². The maximum atomic E-state index is 11.0. The van der Waals surface area contributed by atoms with Gasteiger partial charge in [0.1, 0.15) is 0 Å². The molecule has 0 amide bonds. The van der Waals surface area contributed by atoms with Crippen molar-refractivity contribution in [2.24, 2.45) is 31.3 Å². The van der Waals surface area contributed by atoms with E-state index in [9.17, 15) is 19.2 Å². The van der Waals surface area contributed by atoms with E-state index in [0.717, 1.165) is 51.4 Å². The third-order valence-electron chi connectivity index (χ3n) is 5.57. The molecule has 8 nitrogen and oxygen atoms in total. The molecule has 0 aromatic rings. The Morgan fingerprint density at radius 2 is 1.26 bits per heavy atom. The lowest BCUT2D eigenvalue weighted by molar-refractivity contribution is 0.225. The highest BCUT2D eigenvalue weighted by atomic mass is 16.1. The standard InChI is InChI=1S/C23H36N4O4/c1-20(15-23(2,3)12-14-25-17-29)22(27-19-31)21(26-18-30)11-9-7-5-4-6-8-10-13-24-16-28/h20-22H,4-15H2,1-3H3. The van der Waals surface area contributed by atoms with E-state index in [1.807, 2.05) is 6.92 Å². The molecule has 0 fully saturated rings. The molecule has 3 atom stereocenters. The van der Waals surface area contributed by atoms with E-state index >= 15 is 0 Å². The number of hydrogen-bond donors (Lipinski definition) is 0. The zero-order chi connectivity index (χ0) is 23.4. The van der Waals surface area contributed by atoms with Crippen molar-refractivity contribution < 1.29 is 19.2 Å². The van der Waals surface area contributed by atoms with Gasteiger partial charge in [0.2, 0.25) is 24.3 Å². The summed E-state index contributed by atoms with van der Waals surface area (Å²) in [6.45, 7) is 7.11. The van der Waals surface area contributed by atoms with Gasteiger partial charge in [-0.2, -0.15) is 4.99 Å². The van der Waals surface area contributed by atoms with Crippen LogP contribution in [0.2, 0.25) is 0 Å². The fourth-order valence-corrected chi connectivity index (χ4v) is 4.01. The third-order valence-corrected chi connectivity index (χ3v) is 5.57. The van der Waals surface area contributed by atoms with Crippen LogP contribution >= 0.6 is 0 Å². The number of unbranched alkanes of at least 4 members (excludes halogenated alkanes) is 6. The normalized spacial score (nSPS) is 13.5. The lowest BCUT2D eigenvalue weighted by atomic mass is 9.76. The van der Waals surface area contributed by atoms with Crippen molar-refractivity contribution in [1.82, 2.24) is 0 Å². The molecule has 31 heavy (non-hydrogen) atoms. The van der Waals surface area contributed by atoms with Crippen molar-refractivity contribution in [3.63, 3.8) is 0 Å². The predicted molar refractivity (Wildman–Crippen MR) is 119 cm³/mol. The van der Waals surface area contributed by atoms with Crippen molar-refractivity contribution in [2.45, 2.75) is 97.1 Å². The van der Waals surface area contributed by atoms with Crippen LogP contribution in [0.3, 0.4) is 0 Å². The van der Waals surface area contributed by atoms with Gasteiger partial charge in [-0.3, -0.25) is 0 Å². The summed E-state index contributed by atoms with van der Waals surface area (Å²) >= 11 is 0. The first-order valence-electron chi connectivity index (χ1n) is 11.1. The maximum absolute atomic E-state index is 11.0. The molecule has 0 bridgehead atoms. The molecule has 0 aliphatic rings. The van der Waals surface area contributed by atoms with E-state index in [4.69, 9.17) is 0 Å². The Hall–Kier alpha value is -2.48.